The second-order valence-corrected chi connectivity index (χ2v) is 6.94. The number of hydrogen-bond acceptors (Lipinski definition) is 2. The van der Waals surface area contributed by atoms with Crippen LogP contribution in [0.5, 0.6) is 0 Å². The Kier molecular flexibility index (Phi) is 5.78. The first-order chi connectivity index (χ1) is 12.5. The third-order valence-corrected chi connectivity index (χ3v) is 4.66. The smallest absolute Gasteiger partial charge is 0.315 e. The summed E-state index contributed by atoms with van der Waals surface area (Å²) in [7, 11) is 0. The van der Waals surface area contributed by atoms with Crippen molar-refractivity contribution in [3.63, 3.8) is 0 Å². The van der Waals surface area contributed by atoms with Crippen LogP contribution in [0, 0.1) is 5.92 Å². The highest BCUT2D eigenvalue weighted by molar-refractivity contribution is 6.31. The Morgan fingerprint density at radius 3 is 2.65 bits per heavy atom. The summed E-state index contributed by atoms with van der Waals surface area (Å²) in [6.07, 6.45) is 1.94. The van der Waals surface area contributed by atoms with Gasteiger partial charge in [0.25, 0.3) is 0 Å². The Morgan fingerprint density at radius 1 is 1.15 bits per heavy atom. The third kappa shape index (κ3) is 4.99. The van der Waals surface area contributed by atoms with Gasteiger partial charge in [-0.05, 0) is 49.1 Å². The average molecular weight is 372 g/mol. The van der Waals surface area contributed by atoms with E-state index in [-0.39, 0.29) is 23.9 Å². The second kappa shape index (κ2) is 8.23. The molecule has 0 aromatic heterocycles. The molecule has 6 heteroatoms. The molecule has 0 radical (unpaired) electrons. The number of hydrogen-bond donors (Lipinski definition) is 3. The molecule has 5 nitrogen and oxygen atoms in total. The number of rotatable bonds is 6. The lowest BCUT2D eigenvalue weighted by molar-refractivity contribution is -0.117. The minimum absolute atomic E-state index is 0.0708. The lowest BCUT2D eigenvalue weighted by atomic mass is 10.1. The molecule has 1 atom stereocenters. The molecule has 1 aliphatic carbocycles. The van der Waals surface area contributed by atoms with Gasteiger partial charge >= 0.3 is 6.03 Å². The highest BCUT2D eigenvalue weighted by Crippen LogP contribution is 2.30. The van der Waals surface area contributed by atoms with Crippen LogP contribution in [0.3, 0.4) is 0 Å². The molecule has 0 aliphatic heterocycles. The minimum Gasteiger partial charge on any atom is -0.334 e. The predicted molar refractivity (Wildman–Crippen MR) is 103 cm³/mol. The van der Waals surface area contributed by atoms with Crippen LogP contribution in [0.1, 0.15) is 36.9 Å². The van der Waals surface area contributed by atoms with Crippen molar-refractivity contribution in [1.82, 2.24) is 10.6 Å². The summed E-state index contributed by atoms with van der Waals surface area (Å²) in [5.41, 5.74) is 2.54. The molecule has 3 rings (SSSR count). The molecule has 0 spiro atoms. The van der Waals surface area contributed by atoms with E-state index >= 15 is 0 Å². The van der Waals surface area contributed by atoms with Crippen LogP contribution in [0.2, 0.25) is 5.02 Å². The molecule has 1 aliphatic rings. The van der Waals surface area contributed by atoms with Crippen molar-refractivity contribution in [3.05, 3.63) is 64.7 Å². The zero-order valence-electron chi connectivity index (χ0n) is 14.6. The largest absolute Gasteiger partial charge is 0.334 e. The number of nitrogens with one attached hydrogen (secondary N) is 3. The van der Waals surface area contributed by atoms with Crippen LogP contribution < -0.4 is 16.0 Å². The molecule has 2 aromatic rings. The summed E-state index contributed by atoms with van der Waals surface area (Å²) in [5, 5.41) is 9.24. The first kappa shape index (κ1) is 18.3. The van der Waals surface area contributed by atoms with Crippen LogP contribution in [-0.4, -0.2) is 11.9 Å². The Bertz CT molecular complexity index is 805. The monoisotopic (exact) mass is 371 g/mol. The summed E-state index contributed by atoms with van der Waals surface area (Å²) >= 11 is 6.15. The molecule has 0 bridgehead atoms. The molecular formula is C20H22ClN3O2. The predicted octanol–water partition coefficient (Wildman–Crippen LogP) is 4.25. The van der Waals surface area contributed by atoms with E-state index in [1.54, 1.807) is 6.07 Å². The van der Waals surface area contributed by atoms with Gasteiger partial charge in [-0.1, -0.05) is 41.9 Å². The Balaban J connectivity index is 1.51. The quantitative estimate of drug-likeness (QED) is 0.710. The topological polar surface area (TPSA) is 70.2 Å². The van der Waals surface area contributed by atoms with Crippen LogP contribution in [0.15, 0.2) is 48.5 Å². The summed E-state index contributed by atoms with van der Waals surface area (Å²) in [4.78, 5) is 24.0. The summed E-state index contributed by atoms with van der Waals surface area (Å²) < 4.78 is 0. The normalized spacial score (nSPS) is 14.4. The van der Waals surface area contributed by atoms with E-state index in [0.717, 1.165) is 29.7 Å². The first-order valence-corrected chi connectivity index (χ1v) is 9.09. The molecule has 2 aromatic carbocycles. The number of anilines is 1. The van der Waals surface area contributed by atoms with Crippen molar-refractivity contribution >= 4 is 29.2 Å². The molecule has 26 heavy (non-hydrogen) atoms. The van der Waals surface area contributed by atoms with Crippen molar-refractivity contribution in [2.45, 2.75) is 32.4 Å². The molecule has 0 unspecified atom stereocenters. The minimum atomic E-state index is -0.273. The Morgan fingerprint density at radius 2 is 1.92 bits per heavy atom. The molecule has 136 valence electrons. The zero-order valence-corrected chi connectivity index (χ0v) is 15.3. The number of carbonyl (C=O) groups excluding carboxylic acids is 2. The third-order valence-electron chi connectivity index (χ3n) is 4.32. The maximum absolute atomic E-state index is 12.1. The Labute approximate surface area is 158 Å². The SMILES string of the molecule is C[C@@H](NC(=O)NCc1cccc(NC(=O)C2CC2)c1)c1ccccc1Cl. The van der Waals surface area contributed by atoms with E-state index < -0.39 is 0 Å². The van der Waals surface area contributed by atoms with Gasteiger partial charge in [-0.15, -0.1) is 0 Å². The molecule has 0 heterocycles. The van der Waals surface area contributed by atoms with Gasteiger partial charge in [0, 0.05) is 23.2 Å². The van der Waals surface area contributed by atoms with Crippen LogP contribution in [-0.2, 0) is 11.3 Å². The summed E-state index contributed by atoms with van der Waals surface area (Å²) in [6, 6.07) is 14.5. The van der Waals surface area contributed by atoms with Crippen molar-refractivity contribution < 1.29 is 9.59 Å². The van der Waals surface area contributed by atoms with Gasteiger partial charge in [-0.2, -0.15) is 0 Å². The summed E-state index contributed by atoms with van der Waals surface area (Å²) in [6.45, 7) is 2.25. The van der Waals surface area contributed by atoms with E-state index in [0.29, 0.717) is 11.6 Å². The lowest BCUT2D eigenvalue weighted by Crippen LogP contribution is -2.36. The van der Waals surface area contributed by atoms with Gasteiger partial charge < -0.3 is 16.0 Å². The molecule has 3 N–H and O–H groups in total. The molecule has 1 saturated carbocycles. The highest BCUT2D eigenvalue weighted by atomic mass is 35.5. The highest BCUT2D eigenvalue weighted by Gasteiger charge is 2.29. The summed E-state index contributed by atoms with van der Waals surface area (Å²) in [5.74, 6) is 0.232. The zero-order chi connectivity index (χ0) is 18.5. The molecule has 3 amide bonds. The van der Waals surface area contributed by atoms with E-state index in [9.17, 15) is 9.59 Å². The van der Waals surface area contributed by atoms with Crippen molar-refractivity contribution in [3.8, 4) is 0 Å². The van der Waals surface area contributed by atoms with E-state index in [1.165, 1.54) is 0 Å². The average Bonchev–Trinajstić information content (AvgIpc) is 3.46. The van der Waals surface area contributed by atoms with Crippen LogP contribution in [0.25, 0.3) is 0 Å². The van der Waals surface area contributed by atoms with E-state index in [2.05, 4.69) is 16.0 Å². The Hall–Kier alpha value is -2.53. The van der Waals surface area contributed by atoms with Gasteiger partial charge in [0.2, 0.25) is 5.91 Å². The molecule has 0 saturated heterocycles. The van der Waals surface area contributed by atoms with Gasteiger partial charge in [0.05, 0.1) is 6.04 Å². The number of carbonyl (C=O) groups is 2. The van der Waals surface area contributed by atoms with Crippen molar-refractivity contribution in [2.24, 2.45) is 5.92 Å². The molecule has 1 fully saturated rings. The fourth-order valence-electron chi connectivity index (χ4n) is 2.68. The van der Waals surface area contributed by atoms with E-state index in [4.69, 9.17) is 11.6 Å². The van der Waals surface area contributed by atoms with E-state index in [1.807, 2.05) is 49.4 Å². The molecular weight excluding hydrogens is 350 g/mol. The maximum Gasteiger partial charge on any atom is 0.315 e. The van der Waals surface area contributed by atoms with Crippen molar-refractivity contribution in [2.75, 3.05) is 5.32 Å². The number of amides is 3. The maximum atomic E-state index is 12.1. The van der Waals surface area contributed by atoms with Crippen LogP contribution in [0.4, 0.5) is 10.5 Å². The number of halogens is 1. The van der Waals surface area contributed by atoms with Crippen LogP contribution >= 0.6 is 11.6 Å². The standard InChI is InChI=1S/C20H22ClN3O2/c1-13(17-7-2-3-8-18(17)21)23-20(26)22-12-14-5-4-6-16(11-14)24-19(25)15-9-10-15/h2-8,11,13,15H,9-10,12H2,1H3,(H,24,25)(H2,22,23,26)/t13-/m1/s1. The van der Waals surface area contributed by atoms with Gasteiger partial charge in [0.15, 0.2) is 0 Å². The van der Waals surface area contributed by atoms with Crippen molar-refractivity contribution in [1.29, 1.82) is 0 Å². The fourth-order valence-corrected chi connectivity index (χ4v) is 2.98. The number of benzene rings is 2. The second-order valence-electron chi connectivity index (χ2n) is 6.53. The first-order valence-electron chi connectivity index (χ1n) is 8.71. The van der Waals surface area contributed by atoms with Gasteiger partial charge in [-0.25, -0.2) is 4.79 Å². The van der Waals surface area contributed by atoms with Gasteiger partial charge in [-0.3, -0.25) is 4.79 Å². The fraction of sp³-hybridized carbons (Fsp3) is 0.300. The number of urea groups is 1. The lowest BCUT2D eigenvalue weighted by Gasteiger charge is -2.16. The van der Waals surface area contributed by atoms with Gasteiger partial charge in [0.1, 0.15) is 0 Å².